The number of hydrogen-bond acceptors (Lipinski definition) is 2. The average molecular weight is 362 g/mol. The third kappa shape index (κ3) is 4.62. The molecule has 0 fully saturated rings. The van der Waals surface area contributed by atoms with E-state index in [0.717, 1.165) is 40.6 Å². The highest BCUT2D eigenvalue weighted by molar-refractivity contribution is 7.80. The molecule has 0 amide bonds. The Morgan fingerprint density at radius 1 is 0.958 bits per heavy atom. The molecule has 0 heterocycles. The van der Waals surface area contributed by atoms with Crippen molar-refractivity contribution >= 4 is 46.0 Å². The van der Waals surface area contributed by atoms with E-state index in [1.54, 1.807) is 0 Å². The Morgan fingerprint density at radius 2 is 1.50 bits per heavy atom. The van der Waals surface area contributed by atoms with Crippen LogP contribution in [0, 0.1) is 13.8 Å². The quantitative estimate of drug-likeness (QED) is 0.676. The lowest BCUT2D eigenvalue weighted by molar-refractivity contribution is 0.866. The summed E-state index contributed by atoms with van der Waals surface area (Å²) in [7, 11) is 0. The predicted octanol–water partition coefficient (Wildman–Crippen LogP) is 5.61. The van der Waals surface area contributed by atoms with Crippen molar-refractivity contribution in [2.24, 2.45) is 0 Å². The number of nitrogens with one attached hydrogen (secondary N) is 2. The molecule has 0 atom stereocenters. The van der Waals surface area contributed by atoms with E-state index >= 15 is 0 Å². The van der Waals surface area contributed by atoms with Gasteiger partial charge in [0.2, 0.25) is 0 Å². The van der Waals surface area contributed by atoms with E-state index in [9.17, 15) is 0 Å². The molecule has 3 nitrogen and oxygen atoms in total. The summed E-state index contributed by atoms with van der Waals surface area (Å²) >= 11 is 11.4. The smallest absolute Gasteiger partial charge is 0.175 e. The summed E-state index contributed by atoms with van der Waals surface area (Å²) in [6.45, 7) is 10.4. The van der Waals surface area contributed by atoms with Crippen LogP contribution in [-0.2, 0) is 0 Å². The first-order chi connectivity index (χ1) is 11.4. The number of rotatable bonds is 5. The van der Waals surface area contributed by atoms with Gasteiger partial charge in [-0.25, -0.2) is 0 Å². The maximum Gasteiger partial charge on any atom is 0.175 e. The van der Waals surface area contributed by atoms with Gasteiger partial charge in [-0.05, 0) is 87.4 Å². The van der Waals surface area contributed by atoms with Gasteiger partial charge in [0.15, 0.2) is 5.11 Å². The lowest BCUT2D eigenvalue weighted by Gasteiger charge is -2.22. The number of thiocarbonyl (C=S) groups is 1. The molecular weight excluding hydrogens is 338 g/mol. The van der Waals surface area contributed by atoms with Crippen LogP contribution in [0.25, 0.3) is 0 Å². The third-order valence-corrected chi connectivity index (χ3v) is 4.46. The Bertz CT molecular complexity index is 727. The van der Waals surface area contributed by atoms with Gasteiger partial charge in [0.05, 0.1) is 0 Å². The lowest BCUT2D eigenvalue weighted by atomic mass is 10.1. The van der Waals surface area contributed by atoms with Crippen LogP contribution in [0.1, 0.15) is 25.0 Å². The number of aryl methyl sites for hydroxylation is 2. The van der Waals surface area contributed by atoms with E-state index in [1.165, 1.54) is 5.69 Å². The molecule has 0 saturated heterocycles. The highest BCUT2D eigenvalue weighted by Gasteiger charge is 2.07. The zero-order valence-corrected chi connectivity index (χ0v) is 16.2. The van der Waals surface area contributed by atoms with Crippen LogP contribution in [0.4, 0.5) is 17.1 Å². The minimum atomic E-state index is 0.569. The second-order valence-corrected chi connectivity index (χ2v) is 6.55. The highest BCUT2D eigenvalue weighted by Crippen LogP contribution is 2.24. The predicted molar refractivity (Wildman–Crippen MR) is 111 cm³/mol. The molecule has 2 N–H and O–H groups in total. The standard InChI is InChI=1S/C19H24ClN3S/c1-5-23(6-2)16-8-10-18(14(4)12-16)22-19(24)21-17-9-7-15(20)11-13(17)3/h7-12H,5-6H2,1-4H3,(H2,21,22,24). The van der Waals surface area contributed by atoms with Gasteiger partial charge in [0, 0.05) is 35.2 Å². The van der Waals surface area contributed by atoms with Crippen LogP contribution in [0.5, 0.6) is 0 Å². The number of hydrogen-bond donors (Lipinski definition) is 2. The van der Waals surface area contributed by atoms with Crippen molar-refractivity contribution in [3.8, 4) is 0 Å². The first-order valence-electron chi connectivity index (χ1n) is 8.14. The molecule has 0 aliphatic heterocycles. The molecule has 0 aliphatic carbocycles. The molecule has 5 heteroatoms. The number of halogens is 1. The maximum absolute atomic E-state index is 5.99. The first kappa shape index (κ1) is 18.6. The van der Waals surface area contributed by atoms with Crippen LogP contribution in [0.15, 0.2) is 36.4 Å². The zero-order valence-electron chi connectivity index (χ0n) is 14.6. The largest absolute Gasteiger partial charge is 0.372 e. The average Bonchev–Trinajstić information content (AvgIpc) is 2.54. The molecule has 0 spiro atoms. The van der Waals surface area contributed by atoms with Crippen molar-refractivity contribution in [1.82, 2.24) is 0 Å². The Balaban J connectivity index is 2.08. The van der Waals surface area contributed by atoms with Gasteiger partial charge in [-0.2, -0.15) is 0 Å². The molecule has 0 unspecified atom stereocenters. The molecular formula is C19H24ClN3S. The summed E-state index contributed by atoms with van der Waals surface area (Å²) in [6, 6.07) is 12.1. The van der Waals surface area contributed by atoms with E-state index < -0.39 is 0 Å². The Kier molecular flexibility index (Phi) is 6.46. The van der Waals surface area contributed by atoms with Crippen LogP contribution < -0.4 is 15.5 Å². The number of benzene rings is 2. The summed E-state index contributed by atoms with van der Waals surface area (Å²) in [4.78, 5) is 2.32. The summed E-state index contributed by atoms with van der Waals surface area (Å²) in [5.41, 5.74) is 5.41. The Morgan fingerprint density at radius 3 is 2.00 bits per heavy atom. The number of anilines is 3. The van der Waals surface area contributed by atoms with Crippen molar-refractivity contribution in [2.75, 3.05) is 28.6 Å². The van der Waals surface area contributed by atoms with Gasteiger partial charge in [-0.15, -0.1) is 0 Å². The number of nitrogens with zero attached hydrogens (tertiary/aromatic N) is 1. The van der Waals surface area contributed by atoms with Crippen LogP contribution in [0.2, 0.25) is 5.02 Å². The van der Waals surface area contributed by atoms with Gasteiger partial charge >= 0.3 is 0 Å². The lowest BCUT2D eigenvalue weighted by Crippen LogP contribution is -2.22. The molecule has 0 radical (unpaired) electrons. The van der Waals surface area contributed by atoms with Gasteiger partial charge in [0.1, 0.15) is 0 Å². The van der Waals surface area contributed by atoms with Crippen molar-refractivity contribution in [2.45, 2.75) is 27.7 Å². The van der Waals surface area contributed by atoms with E-state index in [0.29, 0.717) is 5.11 Å². The molecule has 2 aromatic rings. The van der Waals surface area contributed by atoms with Crippen LogP contribution in [-0.4, -0.2) is 18.2 Å². The van der Waals surface area contributed by atoms with Crippen molar-refractivity contribution in [3.05, 3.63) is 52.5 Å². The molecule has 24 heavy (non-hydrogen) atoms. The normalized spacial score (nSPS) is 10.4. The molecule has 0 aliphatic rings. The molecule has 2 rings (SSSR count). The summed E-state index contributed by atoms with van der Waals surface area (Å²) in [5.74, 6) is 0. The van der Waals surface area contributed by atoms with Gasteiger partial charge in [-0.3, -0.25) is 0 Å². The third-order valence-electron chi connectivity index (χ3n) is 4.02. The monoisotopic (exact) mass is 361 g/mol. The Labute approximate surface area is 155 Å². The van der Waals surface area contributed by atoms with Crippen molar-refractivity contribution in [1.29, 1.82) is 0 Å². The second kappa shape index (κ2) is 8.36. The van der Waals surface area contributed by atoms with Gasteiger partial charge in [0.25, 0.3) is 0 Å². The fourth-order valence-electron chi connectivity index (χ4n) is 2.62. The van der Waals surface area contributed by atoms with E-state index in [1.807, 2.05) is 25.1 Å². The summed E-state index contributed by atoms with van der Waals surface area (Å²) in [5, 5.41) is 7.79. The second-order valence-electron chi connectivity index (χ2n) is 5.71. The van der Waals surface area contributed by atoms with Gasteiger partial charge < -0.3 is 15.5 Å². The highest BCUT2D eigenvalue weighted by atomic mass is 35.5. The summed E-state index contributed by atoms with van der Waals surface area (Å²) < 4.78 is 0. The van der Waals surface area contributed by atoms with Crippen LogP contribution in [0.3, 0.4) is 0 Å². The van der Waals surface area contributed by atoms with Crippen molar-refractivity contribution < 1.29 is 0 Å². The summed E-state index contributed by atoms with van der Waals surface area (Å²) in [6.07, 6.45) is 0. The molecule has 0 bridgehead atoms. The van der Waals surface area contributed by atoms with E-state index in [4.69, 9.17) is 23.8 Å². The minimum Gasteiger partial charge on any atom is -0.372 e. The zero-order chi connectivity index (χ0) is 17.7. The topological polar surface area (TPSA) is 27.3 Å². The van der Waals surface area contributed by atoms with E-state index in [-0.39, 0.29) is 0 Å². The molecule has 128 valence electrons. The maximum atomic E-state index is 5.99. The van der Waals surface area contributed by atoms with Gasteiger partial charge in [-0.1, -0.05) is 11.6 Å². The Hall–Kier alpha value is -1.78. The van der Waals surface area contributed by atoms with Crippen LogP contribution >= 0.6 is 23.8 Å². The fraction of sp³-hybridized carbons (Fsp3) is 0.316. The molecule has 0 aromatic heterocycles. The SMILES string of the molecule is CCN(CC)c1ccc(NC(=S)Nc2ccc(Cl)cc2C)c(C)c1. The molecule has 0 saturated carbocycles. The minimum absolute atomic E-state index is 0.569. The van der Waals surface area contributed by atoms with Crippen molar-refractivity contribution in [3.63, 3.8) is 0 Å². The van der Waals surface area contributed by atoms with E-state index in [2.05, 4.69) is 54.5 Å². The first-order valence-corrected chi connectivity index (χ1v) is 8.93. The fourth-order valence-corrected chi connectivity index (χ4v) is 3.06. The molecule has 2 aromatic carbocycles.